The standard InChI is InChI=1S/C10H11BrN4/c1-7(2)15-6-13-14-10(15)8-3-9(11)5-12-4-8/h3-7H,1-2H3. The first-order chi connectivity index (χ1) is 7.18. The van der Waals surface area contributed by atoms with Crippen LogP contribution < -0.4 is 0 Å². The summed E-state index contributed by atoms with van der Waals surface area (Å²) in [6.45, 7) is 4.19. The predicted molar refractivity (Wildman–Crippen MR) is 61.3 cm³/mol. The molecule has 15 heavy (non-hydrogen) atoms. The van der Waals surface area contributed by atoms with E-state index in [1.807, 2.05) is 10.6 Å². The van der Waals surface area contributed by atoms with Gasteiger partial charge >= 0.3 is 0 Å². The maximum atomic E-state index is 4.11. The zero-order chi connectivity index (χ0) is 10.8. The molecule has 0 saturated carbocycles. The minimum absolute atomic E-state index is 0.342. The van der Waals surface area contributed by atoms with Crippen LogP contribution in [-0.2, 0) is 0 Å². The molecule has 0 unspecified atom stereocenters. The third kappa shape index (κ3) is 2.07. The lowest BCUT2D eigenvalue weighted by molar-refractivity contribution is 0.604. The van der Waals surface area contributed by atoms with Crippen LogP contribution in [0.25, 0.3) is 11.4 Å². The number of halogens is 1. The van der Waals surface area contributed by atoms with Gasteiger partial charge in [-0.25, -0.2) is 0 Å². The smallest absolute Gasteiger partial charge is 0.165 e. The van der Waals surface area contributed by atoms with Crippen molar-refractivity contribution < 1.29 is 0 Å². The average molecular weight is 267 g/mol. The summed E-state index contributed by atoms with van der Waals surface area (Å²) in [5.74, 6) is 0.846. The van der Waals surface area contributed by atoms with Crippen molar-refractivity contribution in [2.45, 2.75) is 19.9 Å². The van der Waals surface area contributed by atoms with Crippen molar-refractivity contribution in [1.29, 1.82) is 0 Å². The Morgan fingerprint density at radius 1 is 1.33 bits per heavy atom. The van der Waals surface area contributed by atoms with Crippen LogP contribution in [0.5, 0.6) is 0 Å². The van der Waals surface area contributed by atoms with Gasteiger partial charge in [0.1, 0.15) is 6.33 Å². The van der Waals surface area contributed by atoms with Gasteiger partial charge in [-0.3, -0.25) is 4.98 Å². The molecular formula is C10H11BrN4. The van der Waals surface area contributed by atoms with Gasteiger partial charge in [0.05, 0.1) is 0 Å². The summed E-state index contributed by atoms with van der Waals surface area (Å²) < 4.78 is 2.96. The molecule has 2 aromatic heterocycles. The van der Waals surface area contributed by atoms with Crippen LogP contribution in [0.15, 0.2) is 29.3 Å². The summed E-state index contributed by atoms with van der Waals surface area (Å²) in [6, 6.07) is 2.32. The molecule has 0 aliphatic carbocycles. The number of aromatic nitrogens is 4. The van der Waals surface area contributed by atoms with Crippen LogP contribution in [0.3, 0.4) is 0 Å². The second kappa shape index (κ2) is 4.10. The number of hydrogen-bond donors (Lipinski definition) is 0. The molecule has 4 nitrogen and oxygen atoms in total. The first-order valence-electron chi connectivity index (χ1n) is 4.69. The Balaban J connectivity index is 2.49. The van der Waals surface area contributed by atoms with Crippen LogP contribution in [-0.4, -0.2) is 19.7 Å². The number of nitrogens with zero attached hydrogens (tertiary/aromatic N) is 4. The molecule has 0 fully saturated rings. The average Bonchev–Trinajstić information content (AvgIpc) is 2.65. The van der Waals surface area contributed by atoms with E-state index in [9.17, 15) is 0 Å². The molecule has 0 bridgehead atoms. The summed E-state index contributed by atoms with van der Waals surface area (Å²) in [6.07, 6.45) is 5.27. The maximum Gasteiger partial charge on any atom is 0.165 e. The van der Waals surface area contributed by atoms with Gasteiger partial charge in [0.15, 0.2) is 5.82 Å². The monoisotopic (exact) mass is 266 g/mol. The highest BCUT2D eigenvalue weighted by Crippen LogP contribution is 2.21. The van der Waals surface area contributed by atoms with Crippen molar-refractivity contribution in [1.82, 2.24) is 19.7 Å². The van der Waals surface area contributed by atoms with Crippen LogP contribution in [0.1, 0.15) is 19.9 Å². The Kier molecular flexibility index (Phi) is 2.81. The van der Waals surface area contributed by atoms with Crippen molar-refractivity contribution in [3.8, 4) is 11.4 Å². The lowest BCUT2D eigenvalue weighted by atomic mass is 10.2. The first kappa shape index (κ1) is 10.3. The largest absolute Gasteiger partial charge is 0.311 e. The third-order valence-electron chi connectivity index (χ3n) is 2.09. The van der Waals surface area contributed by atoms with Gasteiger partial charge in [-0.2, -0.15) is 0 Å². The van der Waals surface area contributed by atoms with E-state index in [0.717, 1.165) is 15.9 Å². The molecule has 5 heteroatoms. The van der Waals surface area contributed by atoms with Gasteiger partial charge in [-0.05, 0) is 35.8 Å². The number of hydrogen-bond acceptors (Lipinski definition) is 3. The summed E-state index contributed by atoms with van der Waals surface area (Å²) in [5.41, 5.74) is 0.968. The third-order valence-corrected chi connectivity index (χ3v) is 2.53. The number of rotatable bonds is 2. The minimum Gasteiger partial charge on any atom is -0.311 e. The Bertz CT molecular complexity index is 464. The summed E-state index contributed by atoms with van der Waals surface area (Å²) in [5, 5.41) is 8.02. The molecule has 0 spiro atoms. The molecule has 2 rings (SSSR count). The molecule has 0 aliphatic rings. The van der Waals surface area contributed by atoms with E-state index in [0.29, 0.717) is 6.04 Å². The van der Waals surface area contributed by atoms with E-state index < -0.39 is 0 Å². The molecular weight excluding hydrogens is 256 g/mol. The quantitative estimate of drug-likeness (QED) is 0.840. The van der Waals surface area contributed by atoms with E-state index in [-0.39, 0.29) is 0 Å². The van der Waals surface area contributed by atoms with E-state index in [4.69, 9.17) is 0 Å². The maximum absolute atomic E-state index is 4.11. The Morgan fingerprint density at radius 2 is 2.13 bits per heavy atom. The fourth-order valence-electron chi connectivity index (χ4n) is 1.36. The lowest BCUT2D eigenvalue weighted by Crippen LogP contribution is -2.01. The van der Waals surface area contributed by atoms with Crippen molar-refractivity contribution in [3.05, 3.63) is 29.3 Å². The highest BCUT2D eigenvalue weighted by atomic mass is 79.9. The summed E-state index contributed by atoms with van der Waals surface area (Å²) >= 11 is 3.39. The minimum atomic E-state index is 0.342. The number of pyridine rings is 1. The SMILES string of the molecule is CC(C)n1cnnc1-c1cncc(Br)c1. The second-order valence-corrected chi connectivity index (χ2v) is 4.46. The molecule has 0 radical (unpaired) electrons. The molecule has 0 atom stereocenters. The van der Waals surface area contributed by atoms with Gasteiger partial charge in [0.25, 0.3) is 0 Å². The molecule has 0 aliphatic heterocycles. The molecule has 0 amide bonds. The van der Waals surface area contributed by atoms with Gasteiger partial charge in [-0.1, -0.05) is 0 Å². The molecule has 0 aromatic carbocycles. The van der Waals surface area contributed by atoms with Crippen molar-refractivity contribution >= 4 is 15.9 Å². The Morgan fingerprint density at radius 3 is 2.80 bits per heavy atom. The highest BCUT2D eigenvalue weighted by molar-refractivity contribution is 9.10. The van der Waals surface area contributed by atoms with E-state index in [1.54, 1.807) is 18.7 Å². The van der Waals surface area contributed by atoms with Crippen molar-refractivity contribution in [2.24, 2.45) is 0 Å². The molecule has 2 heterocycles. The first-order valence-corrected chi connectivity index (χ1v) is 5.48. The molecule has 2 aromatic rings. The van der Waals surface area contributed by atoms with Crippen LogP contribution >= 0.6 is 15.9 Å². The van der Waals surface area contributed by atoms with E-state index >= 15 is 0 Å². The van der Waals surface area contributed by atoms with Crippen molar-refractivity contribution in [2.75, 3.05) is 0 Å². The summed E-state index contributed by atoms with van der Waals surface area (Å²) in [4.78, 5) is 4.11. The van der Waals surface area contributed by atoms with E-state index in [1.165, 1.54) is 0 Å². The Labute approximate surface area is 96.5 Å². The van der Waals surface area contributed by atoms with Crippen LogP contribution in [0.4, 0.5) is 0 Å². The molecule has 0 saturated heterocycles. The zero-order valence-corrected chi connectivity index (χ0v) is 10.1. The summed E-state index contributed by atoms with van der Waals surface area (Å²) in [7, 11) is 0. The lowest BCUT2D eigenvalue weighted by Gasteiger charge is -2.09. The van der Waals surface area contributed by atoms with Gasteiger partial charge in [-0.15, -0.1) is 10.2 Å². The fraction of sp³-hybridized carbons (Fsp3) is 0.300. The van der Waals surface area contributed by atoms with E-state index in [2.05, 4.69) is 45.0 Å². The predicted octanol–water partition coefficient (Wildman–Crippen LogP) is 2.68. The Hall–Kier alpha value is -1.23. The van der Waals surface area contributed by atoms with Crippen LogP contribution in [0.2, 0.25) is 0 Å². The van der Waals surface area contributed by atoms with Crippen LogP contribution in [0, 0.1) is 0 Å². The van der Waals surface area contributed by atoms with Crippen molar-refractivity contribution in [3.63, 3.8) is 0 Å². The zero-order valence-electron chi connectivity index (χ0n) is 8.55. The second-order valence-electron chi connectivity index (χ2n) is 3.55. The molecule has 78 valence electrons. The van der Waals surface area contributed by atoms with Gasteiger partial charge in [0.2, 0.25) is 0 Å². The molecule has 0 N–H and O–H groups in total. The van der Waals surface area contributed by atoms with Gasteiger partial charge in [0, 0.05) is 28.5 Å². The fourth-order valence-corrected chi connectivity index (χ4v) is 1.73. The highest BCUT2D eigenvalue weighted by Gasteiger charge is 2.09. The topological polar surface area (TPSA) is 43.6 Å². The van der Waals surface area contributed by atoms with Gasteiger partial charge < -0.3 is 4.57 Å². The normalized spacial score (nSPS) is 10.9.